The molecule has 1 aromatic carbocycles. The molecule has 0 radical (unpaired) electrons. The van der Waals surface area contributed by atoms with Crippen molar-refractivity contribution in [3.8, 4) is 0 Å². The van der Waals surface area contributed by atoms with Crippen molar-refractivity contribution in [1.82, 2.24) is 14.8 Å². The molecule has 5 nitrogen and oxygen atoms in total. The van der Waals surface area contributed by atoms with Crippen molar-refractivity contribution in [3.05, 3.63) is 53.0 Å². The second-order valence-corrected chi connectivity index (χ2v) is 5.97. The number of aromatic nitrogens is 3. The molecule has 0 spiro atoms. The van der Waals surface area contributed by atoms with Crippen LogP contribution in [0.2, 0.25) is 0 Å². The Morgan fingerprint density at radius 3 is 2.55 bits per heavy atom. The van der Waals surface area contributed by atoms with E-state index in [1.165, 1.54) is 11.9 Å². The maximum Gasteiger partial charge on any atom is 0.226 e. The molecule has 0 amide bonds. The third-order valence-corrected chi connectivity index (χ3v) is 4.09. The van der Waals surface area contributed by atoms with Crippen molar-refractivity contribution in [1.29, 1.82) is 0 Å². The van der Waals surface area contributed by atoms with Crippen LogP contribution in [0.15, 0.2) is 41.9 Å². The highest BCUT2D eigenvalue weighted by Gasteiger charge is 2.31. The fourth-order valence-corrected chi connectivity index (χ4v) is 2.92. The molecule has 114 valence electrons. The molecule has 3 rings (SSSR count). The summed E-state index contributed by atoms with van der Waals surface area (Å²) in [6.45, 7) is 7.84. The second-order valence-electron chi connectivity index (χ2n) is 5.97. The highest BCUT2D eigenvalue weighted by Crippen LogP contribution is 2.35. The zero-order valence-electron chi connectivity index (χ0n) is 13.3. The fourth-order valence-electron chi connectivity index (χ4n) is 2.92. The summed E-state index contributed by atoms with van der Waals surface area (Å²) in [5, 5.41) is 7.44. The molecule has 1 atom stereocenters. The molecular weight excluding hydrogens is 276 g/mol. The molecule has 0 unspecified atom stereocenters. The van der Waals surface area contributed by atoms with E-state index in [0.717, 1.165) is 16.8 Å². The van der Waals surface area contributed by atoms with Gasteiger partial charge in [0.2, 0.25) is 5.95 Å². The number of ketones is 1. The first-order valence-corrected chi connectivity index (χ1v) is 7.47. The van der Waals surface area contributed by atoms with Gasteiger partial charge in [0, 0.05) is 11.3 Å². The molecule has 0 bridgehead atoms. The lowest BCUT2D eigenvalue weighted by atomic mass is 9.91. The van der Waals surface area contributed by atoms with E-state index < -0.39 is 0 Å². The summed E-state index contributed by atoms with van der Waals surface area (Å²) in [4.78, 5) is 16.4. The number of carbonyl (C=O) groups is 1. The molecule has 1 aliphatic rings. The van der Waals surface area contributed by atoms with Crippen LogP contribution in [0.5, 0.6) is 0 Å². The smallest absolute Gasteiger partial charge is 0.226 e. The maximum atomic E-state index is 12.1. The van der Waals surface area contributed by atoms with Gasteiger partial charge < -0.3 is 5.32 Å². The Kier molecular flexibility index (Phi) is 3.56. The number of allylic oxidation sites excluding steroid dienone is 2. The Morgan fingerprint density at radius 1 is 1.27 bits per heavy atom. The van der Waals surface area contributed by atoms with Gasteiger partial charge >= 0.3 is 0 Å². The zero-order valence-corrected chi connectivity index (χ0v) is 13.3. The van der Waals surface area contributed by atoms with Gasteiger partial charge in [-0.3, -0.25) is 4.79 Å². The van der Waals surface area contributed by atoms with Crippen LogP contribution in [0.25, 0.3) is 0 Å². The molecule has 0 saturated heterocycles. The summed E-state index contributed by atoms with van der Waals surface area (Å²) in [7, 11) is 0. The van der Waals surface area contributed by atoms with Crippen molar-refractivity contribution in [2.75, 3.05) is 5.32 Å². The molecule has 1 N–H and O–H groups in total. The van der Waals surface area contributed by atoms with Crippen LogP contribution in [0.1, 0.15) is 50.8 Å². The SMILES string of the molecule is CC(=O)C1=C(C)Nc2ncnn2[C@H]1c1ccc(C(C)C)cc1. The van der Waals surface area contributed by atoms with Crippen LogP contribution in [0, 0.1) is 0 Å². The van der Waals surface area contributed by atoms with Crippen LogP contribution >= 0.6 is 0 Å². The summed E-state index contributed by atoms with van der Waals surface area (Å²) in [5.41, 5.74) is 3.89. The molecule has 2 aromatic rings. The van der Waals surface area contributed by atoms with Crippen molar-refractivity contribution in [2.45, 2.75) is 39.7 Å². The average Bonchev–Trinajstić information content (AvgIpc) is 2.93. The highest BCUT2D eigenvalue weighted by molar-refractivity contribution is 5.96. The summed E-state index contributed by atoms with van der Waals surface area (Å²) in [5.74, 6) is 1.19. The third kappa shape index (κ3) is 2.32. The van der Waals surface area contributed by atoms with E-state index >= 15 is 0 Å². The lowest BCUT2D eigenvalue weighted by molar-refractivity contribution is -0.114. The lowest BCUT2D eigenvalue weighted by Crippen LogP contribution is -2.27. The molecular formula is C17H20N4O. The van der Waals surface area contributed by atoms with Crippen LogP contribution in [0.3, 0.4) is 0 Å². The van der Waals surface area contributed by atoms with Crippen molar-refractivity contribution in [2.24, 2.45) is 0 Å². The Balaban J connectivity index is 2.12. The molecule has 0 aliphatic carbocycles. The number of fused-ring (bicyclic) bond motifs is 1. The topological polar surface area (TPSA) is 59.8 Å². The monoisotopic (exact) mass is 296 g/mol. The number of carbonyl (C=O) groups excluding carboxylic acids is 1. The highest BCUT2D eigenvalue weighted by atomic mass is 16.1. The van der Waals surface area contributed by atoms with Crippen molar-refractivity contribution >= 4 is 11.7 Å². The van der Waals surface area contributed by atoms with Gasteiger partial charge in [-0.15, -0.1) is 0 Å². The van der Waals surface area contributed by atoms with Gasteiger partial charge in [0.05, 0.1) is 0 Å². The van der Waals surface area contributed by atoms with Crippen molar-refractivity contribution < 1.29 is 4.79 Å². The maximum absolute atomic E-state index is 12.1. The largest absolute Gasteiger partial charge is 0.328 e. The van der Waals surface area contributed by atoms with Crippen LogP contribution < -0.4 is 5.32 Å². The van der Waals surface area contributed by atoms with E-state index in [1.54, 1.807) is 11.6 Å². The Labute approximate surface area is 130 Å². The van der Waals surface area contributed by atoms with Gasteiger partial charge in [-0.25, -0.2) is 4.68 Å². The standard InChI is InChI=1S/C17H20N4O/c1-10(2)13-5-7-14(8-6-13)16-15(12(4)22)11(3)20-17-18-9-19-21(16)17/h5-10,16H,1-4H3,(H,18,19,20)/t16-/m0/s1. The Bertz CT molecular complexity index is 740. The first kappa shape index (κ1) is 14.5. The molecule has 22 heavy (non-hydrogen) atoms. The molecule has 5 heteroatoms. The number of hydrogen-bond donors (Lipinski definition) is 1. The number of nitrogens with one attached hydrogen (secondary N) is 1. The first-order chi connectivity index (χ1) is 10.5. The van der Waals surface area contributed by atoms with E-state index in [0.29, 0.717) is 11.9 Å². The number of anilines is 1. The van der Waals surface area contributed by atoms with E-state index in [2.05, 4.69) is 53.5 Å². The van der Waals surface area contributed by atoms with E-state index in [-0.39, 0.29) is 11.8 Å². The summed E-state index contributed by atoms with van der Waals surface area (Å²) in [6.07, 6.45) is 1.51. The third-order valence-electron chi connectivity index (χ3n) is 4.09. The summed E-state index contributed by atoms with van der Waals surface area (Å²) in [6, 6.07) is 8.16. The number of rotatable bonds is 3. The van der Waals surface area contributed by atoms with Gasteiger partial charge in [0.25, 0.3) is 0 Å². The molecule has 2 heterocycles. The number of hydrogen-bond acceptors (Lipinski definition) is 4. The second kappa shape index (κ2) is 5.40. The van der Waals surface area contributed by atoms with Gasteiger partial charge in [-0.2, -0.15) is 10.1 Å². The minimum Gasteiger partial charge on any atom is -0.328 e. The Morgan fingerprint density at radius 2 is 1.95 bits per heavy atom. The van der Waals surface area contributed by atoms with Crippen LogP contribution in [0.4, 0.5) is 5.95 Å². The van der Waals surface area contributed by atoms with E-state index in [1.807, 2.05) is 6.92 Å². The molecule has 0 saturated carbocycles. The van der Waals surface area contributed by atoms with Crippen LogP contribution in [-0.2, 0) is 4.79 Å². The minimum atomic E-state index is -0.225. The van der Waals surface area contributed by atoms with E-state index in [4.69, 9.17) is 0 Å². The first-order valence-electron chi connectivity index (χ1n) is 7.47. The quantitative estimate of drug-likeness (QED) is 0.944. The molecule has 0 fully saturated rings. The Hall–Kier alpha value is -2.43. The molecule has 1 aliphatic heterocycles. The van der Waals surface area contributed by atoms with Gasteiger partial charge in [-0.05, 0) is 30.9 Å². The number of benzene rings is 1. The predicted octanol–water partition coefficient (Wildman–Crippen LogP) is 3.28. The van der Waals surface area contributed by atoms with Gasteiger partial charge in [0.15, 0.2) is 5.78 Å². The van der Waals surface area contributed by atoms with E-state index in [9.17, 15) is 4.79 Å². The predicted molar refractivity (Wildman–Crippen MR) is 85.7 cm³/mol. The zero-order chi connectivity index (χ0) is 15.9. The normalized spacial score (nSPS) is 17.4. The van der Waals surface area contributed by atoms with Crippen LogP contribution in [-0.4, -0.2) is 20.5 Å². The average molecular weight is 296 g/mol. The summed E-state index contributed by atoms with van der Waals surface area (Å²) < 4.78 is 1.77. The summed E-state index contributed by atoms with van der Waals surface area (Å²) >= 11 is 0. The van der Waals surface area contributed by atoms with Gasteiger partial charge in [-0.1, -0.05) is 38.1 Å². The lowest BCUT2D eigenvalue weighted by Gasteiger charge is -2.28. The minimum absolute atomic E-state index is 0.0455. The van der Waals surface area contributed by atoms with Gasteiger partial charge in [0.1, 0.15) is 12.4 Å². The molecule has 1 aromatic heterocycles. The van der Waals surface area contributed by atoms with Crippen molar-refractivity contribution in [3.63, 3.8) is 0 Å². The fraction of sp³-hybridized carbons (Fsp3) is 0.353. The number of nitrogens with zero attached hydrogens (tertiary/aromatic N) is 3. The number of Topliss-reactive ketones (excluding diaryl/α,β-unsaturated/α-hetero) is 1.